The van der Waals surface area contributed by atoms with Crippen molar-refractivity contribution in [3.63, 3.8) is 0 Å². The fourth-order valence-electron chi connectivity index (χ4n) is 2.41. The Kier molecular flexibility index (Phi) is 5.48. The maximum absolute atomic E-state index is 10.3. The molecule has 1 heterocycles. The monoisotopic (exact) mass is 293 g/mol. The molecular formula is C17H27NO3. The summed E-state index contributed by atoms with van der Waals surface area (Å²) in [4.78, 5) is 0. The summed E-state index contributed by atoms with van der Waals surface area (Å²) in [7, 11) is 0. The third-order valence-corrected chi connectivity index (χ3v) is 4.33. The fourth-order valence-corrected chi connectivity index (χ4v) is 2.41. The zero-order chi connectivity index (χ0) is 15.3. The molecule has 0 aromatic heterocycles. The van der Waals surface area contributed by atoms with Gasteiger partial charge in [-0.2, -0.15) is 0 Å². The van der Waals surface area contributed by atoms with Crippen LogP contribution in [0.5, 0.6) is 11.5 Å². The molecule has 1 aromatic carbocycles. The average Bonchev–Trinajstić information content (AvgIpc) is 2.76. The molecule has 2 N–H and O–H groups in total. The van der Waals surface area contributed by atoms with Gasteiger partial charge in [-0.1, -0.05) is 19.9 Å². The summed E-state index contributed by atoms with van der Waals surface area (Å²) >= 11 is 0. The second kappa shape index (κ2) is 7.14. The summed E-state index contributed by atoms with van der Waals surface area (Å²) in [5.74, 6) is 1.64. The Morgan fingerprint density at radius 2 is 1.86 bits per heavy atom. The first kappa shape index (κ1) is 16.1. The van der Waals surface area contributed by atoms with Gasteiger partial charge in [0.2, 0.25) is 0 Å². The van der Waals surface area contributed by atoms with E-state index in [1.165, 1.54) is 0 Å². The predicted octanol–water partition coefficient (Wildman–Crippen LogP) is 3.05. The number of benzene rings is 1. The number of ether oxygens (including phenoxy) is 2. The van der Waals surface area contributed by atoms with E-state index in [2.05, 4.69) is 18.3 Å². The van der Waals surface area contributed by atoms with E-state index in [1.54, 1.807) is 0 Å². The van der Waals surface area contributed by atoms with Crippen LogP contribution in [0.4, 0.5) is 0 Å². The molecule has 0 spiro atoms. The lowest BCUT2D eigenvalue weighted by atomic mass is 9.96. The second-order valence-electron chi connectivity index (χ2n) is 5.79. The van der Waals surface area contributed by atoms with Crippen LogP contribution in [0.2, 0.25) is 0 Å². The molecule has 0 fully saturated rings. The molecule has 4 nitrogen and oxygen atoms in total. The number of nitrogens with one attached hydrogen (secondary N) is 1. The molecule has 2 rings (SSSR count). The minimum atomic E-state index is -0.625. The summed E-state index contributed by atoms with van der Waals surface area (Å²) in [6.45, 7) is 8.14. The van der Waals surface area contributed by atoms with Crippen LogP contribution in [0.1, 0.15) is 51.6 Å². The molecule has 4 heteroatoms. The van der Waals surface area contributed by atoms with Crippen molar-refractivity contribution in [1.82, 2.24) is 5.32 Å². The number of rotatable bonds is 6. The van der Waals surface area contributed by atoms with E-state index in [9.17, 15) is 5.11 Å². The smallest absolute Gasteiger partial charge is 0.161 e. The van der Waals surface area contributed by atoms with Gasteiger partial charge in [0.15, 0.2) is 11.5 Å². The molecule has 21 heavy (non-hydrogen) atoms. The molecular weight excluding hydrogens is 266 g/mol. The van der Waals surface area contributed by atoms with Gasteiger partial charge < -0.3 is 19.9 Å². The van der Waals surface area contributed by atoms with E-state index in [-0.39, 0.29) is 6.04 Å². The molecule has 0 radical (unpaired) electrons. The zero-order valence-electron chi connectivity index (χ0n) is 13.3. The first-order valence-electron chi connectivity index (χ1n) is 7.93. The Labute approximate surface area is 127 Å². The van der Waals surface area contributed by atoms with Gasteiger partial charge in [-0.25, -0.2) is 0 Å². The van der Waals surface area contributed by atoms with Gasteiger partial charge in [-0.15, -0.1) is 0 Å². The third-order valence-electron chi connectivity index (χ3n) is 4.33. The third kappa shape index (κ3) is 4.11. The molecule has 1 aliphatic rings. The van der Waals surface area contributed by atoms with E-state index in [4.69, 9.17) is 9.47 Å². The van der Waals surface area contributed by atoms with Gasteiger partial charge in [0.05, 0.1) is 18.8 Å². The lowest BCUT2D eigenvalue weighted by Gasteiger charge is -2.28. The van der Waals surface area contributed by atoms with Gasteiger partial charge in [0, 0.05) is 19.0 Å². The van der Waals surface area contributed by atoms with Crippen molar-refractivity contribution in [1.29, 1.82) is 0 Å². The highest BCUT2D eigenvalue weighted by Gasteiger charge is 2.23. The topological polar surface area (TPSA) is 50.7 Å². The van der Waals surface area contributed by atoms with E-state index in [0.29, 0.717) is 19.8 Å². The van der Waals surface area contributed by atoms with Crippen molar-refractivity contribution in [3.05, 3.63) is 23.8 Å². The SMILES string of the molecule is CCC(O)(CC)CNC(C)c1ccc2c(c1)OCCCO2. The summed E-state index contributed by atoms with van der Waals surface area (Å²) in [6, 6.07) is 6.23. The largest absolute Gasteiger partial charge is 0.490 e. The number of aliphatic hydroxyl groups is 1. The molecule has 1 unspecified atom stereocenters. The van der Waals surface area contributed by atoms with E-state index in [1.807, 2.05) is 26.0 Å². The highest BCUT2D eigenvalue weighted by molar-refractivity contribution is 5.44. The molecule has 0 aliphatic carbocycles. The maximum Gasteiger partial charge on any atom is 0.161 e. The minimum Gasteiger partial charge on any atom is -0.490 e. The van der Waals surface area contributed by atoms with Crippen molar-refractivity contribution in [2.75, 3.05) is 19.8 Å². The second-order valence-corrected chi connectivity index (χ2v) is 5.79. The van der Waals surface area contributed by atoms with Crippen LogP contribution < -0.4 is 14.8 Å². The number of hydrogen-bond acceptors (Lipinski definition) is 4. The van der Waals surface area contributed by atoms with Gasteiger partial charge >= 0.3 is 0 Å². The quantitative estimate of drug-likeness (QED) is 0.846. The Morgan fingerprint density at radius 1 is 1.19 bits per heavy atom. The van der Waals surface area contributed by atoms with E-state index >= 15 is 0 Å². The normalized spacial score (nSPS) is 16.4. The standard InChI is InChI=1S/C17H27NO3/c1-4-17(19,5-2)12-18-13(3)14-7-8-15-16(11-14)21-10-6-9-20-15/h7-8,11,13,18-19H,4-6,9-10,12H2,1-3H3. The van der Waals surface area contributed by atoms with Crippen LogP contribution in [0.25, 0.3) is 0 Å². The fraction of sp³-hybridized carbons (Fsp3) is 0.647. The van der Waals surface area contributed by atoms with Crippen LogP contribution >= 0.6 is 0 Å². The van der Waals surface area contributed by atoms with Crippen molar-refractivity contribution < 1.29 is 14.6 Å². The number of hydrogen-bond donors (Lipinski definition) is 2. The van der Waals surface area contributed by atoms with Crippen LogP contribution in [-0.4, -0.2) is 30.5 Å². The Balaban J connectivity index is 2.02. The molecule has 0 saturated heterocycles. The molecule has 1 aromatic rings. The highest BCUT2D eigenvalue weighted by Crippen LogP contribution is 2.32. The van der Waals surface area contributed by atoms with Crippen LogP contribution in [0.3, 0.4) is 0 Å². The number of fused-ring (bicyclic) bond motifs is 1. The lowest BCUT2D eigenvalue weighted by Crippen LogP contribution is -2.40. The first-order chi connectivity index (χ1) is 10.1. The maximum atomic E-state index is 10.3. The minimum absolute atomic E-state index is 0.159. The Hall–Kier alpha value is -1.26. The van der Waals surface area contributed by atoms with Crippen LogP contribution in [0.15, 0.2) is 18.2 Å². The molecule has 0 amide bonds. The van der Waals surface area contributed by atoms with E-state index < -0.39 is 5.60 Å². The zero-order valence-corrected chi connectivity index (χ0v) is 13.3. The summed E-state index contributed by atoms with van der Waals surface area (Å²) < 4.78 is 11.4. The van der Waals surface area contributed by atoms with Crippen molar-refractivity contribution in [2.45, 2.75) is 51.7 Å². The predicted molar refractivity (Wildman–Crippen MR) is 84.0 cm³/mol. The summed E-state index contributed by atoms with van der Waals surface area (Å²) in [5, 5.41) is 13.8. The average molecular weight is 293 g/mol. The molecule has 118 valence electrons. The van der Waals surface area contributed by atoms with Crippen molar-refractivity contribution >= 4 is 0 Å². The van der Waals surface area contributed by atoms with Gasteiger partial charge in [-0.3, -0.25) is 0 Å². The summed E-state index contributed by atoms with van der Waals surface area (Å²) in [5.41, 5.74) is 0.522. The molecule has 0 bridgehead atoms. The van der Waals surface area contributed by atoms with Crippen LogP contribution in [0, 0.1) is 0 Å². The first-order valence-corrected chi connectivity index (χ1v) is 7.93. The highest BCUT2D eigenvalue weighted by atomic mass is 16.5. The van der Waals surface area contributed by atoms with Gasteiger partial charge in [0.25, 0.3) is 0 Å². The van der Waals surface area contributed by atoms with Crippen molar-refractivity contribution in [2.24, 2.45) is 0 Å². The Bertz CT molecular complexity index is 457. The van der Waals surface area contributed by atoms with Gasteiger partial charge in [-0.05, 0) is 37.5 Å². The molecule has 1 aliphatic heterocycles. The van der Waals surface area contributed by atoms with Crippen molar-refractivity contribution in [3.8, 4) is 11.5 Å². The van der Waals surface area contributed by atoms with E-state index in [0.717, 1.165) is 36.3 Å². The molecule has 0 saturated carbocycles. The van der Waals surface area contributed by atoms with Gasteiger partial charge in [0.1, 0.15) is 0 Å². The Morgan fingerprint density at radius 3 is 2.52 bits per heavy atom. The lowest BCUT2D eigenvalue weighted by molar-refractivity contribution is 0.0303. The molecule has 1 atom stereocenters. The van der Waals surface area contributed by atoms with Crippen LogP contribution in [-0.2, 0) is 0 Å². The summed E-state index contributed by atoms with van der Waals surface area (Å²) in [6.07, 6.45) is 2.42.